The van der Waals surface area contributed by atoms with Crippen molar-refractivity contribution in [2.75, 3.05) is 26.7 Å². The van der Waals surface area contributed by atoms with E-state index in [0.29, 0.717) is 6.54 Å². The van der Waals surface area contributed by atoms with E-state index >= 15 is 0 Å². The molecule has 0 spiro atoms. The van der Waals surface area contributed by atoms with Gasteiger partial charge in [-0.05, 0) is 43.0 Å². The van der Waals surface area contributed by atoms with E-state index in [0.717, 1.165) is 30.4 Å². The fourth-order valence-corrected chi connectivity index (χ4v) is 6.41. The Morgan fingerprint density at radius 2 is 1.88 bits per heavy atom. The first kappa shape index (κ1) is 24.7. The van der Waals surface area contributed by atoms with E-state index in [-0.39, 0.29) is 41.5 Å². The van der Waals surface area contributed by atoms with E-state index in [2.05, 4.69) is 0 Å². The van der Waals surface area contributed by atoms with Gasteiger partial charge in [-0.1, -0.05) is 49.7 Å². The van der Waals surface area contributed by atoms with E-state index < -0.39 is 22.2 Å². The van der Waals surface area contributed by atoms with Gasteiger partial charge in [0, 0.05) is 31.5 Å². The molecule has 0 unspecified atom stereocenters. The molecule has 1 heterocycles. The third kappa shape index (κ3) is 4.85. The van der Waals surface area contributed by atoms with Crippen LogP contribution in [0.3, 0.4) is 0 Å². The van der Waals surface area contributed by atoms with Crippen LogP contribution in [0, 0.1) is 11.8 Å². The Kier molecular flexibility index (Phi) is 7.31. The number of hydrogen-bond donors (Lipinski definition) is 1. The molecule has 1 saturated carbocycles. The van der Waals surface area contributed by atoms with Crippen LogP contribution in [-0.2, 0) is 14.8 Å². The first-order chi connectivity index (χ1) is 16.2. The largest absolute Gasteiger partial charge is 0.487 e. The van der Waals surface area contributed by atoms with Crippen molar-refractivity contribution in [2.24, 2.45) is 11.8 Å². The SMILES string of the molecule is C[C@@H]1CN([C@@H](C)CO)S(=O)(=O)c2ccc(-c3ccccc3)cc2O[C@H]1CN(C)C(=O)C1CCC1. The van der Waals surface area contributed by atoms with Crippen LogP contribution >= 0.6 is 0 Å². The molecule has 1 N–H and O–H groups in total. The lowest BCUT2D eigenvalue weighted by molar-refractivity contribution is -0.138. The molecule has 34 heavy (non-hydrogen) atoms. The van der Waals surface area contributed by atoms with Gasteiger partial charge >= 0.3 is 0 Å². The number of fused-ring (bicyclic) bond motifs is 1. The van der Waals surface area contributed by atoms with E-state index in [1.54, 1.807) is 37.1 Å². The highest BCUT2D eigenvalue weighted by Gasteiger charge is 2.39. The summed E-state index contributed by atoms with van der Waals surface area (Å²) in [6, 6.07) is 14.3. The van der Waals surface area contributed by atoms with Crippen LogP contribution < -0.4 is 4.74 Å². The molecule has 1 fully saturated rings. The minimum absolute atomic E-state index is 0.0807. The lowest BCUT2D eigenvalue weighted by atomic mass is 9.84. The maximum atomic E-state index is 13.6. The number of hydrogen-bond acceptors (Lipinski definition) is 5. The van der Waals surface area contributed by atoms with E-state index in [1.165, 1.54) is 4.31 Å². The predicted molar refractivity (Wildman–Crippen MR) is 131 cm³/mol. The molecule has 8 heteroatoms. The number of amides is 1. The van der Waals surface area contributed by atoms with Crippen molar-refractivity contribution in [3.63, 3.8) is 0 Å². The number of sulfonamides is 1. The maximum Gasteiger partial charge on any atom is 0.247 e. The number of rotatable bonds is 6. The monoisotopic (exact) mass is 486 g/mol. The molecule has 0 radical (unpaired) electrons. The number of carbonyl (C=O) groups is 1. The summed E-state index contributed by atoms with van der Waals surface area (Å²) in [5, 5.41) is 9.80. The second kappa shape index (κ2) is 10.1. The number of ether oxygens (including phenoxy) is 1. The Bertz CT molecular complexity index is 1120. The van der Waals surface area contributed by atoms with Crippen LogP contribution in [-0.4, -0.2) is 67.5 Å². The summed E-state index contributed by atoms with van der Waals surface area (Å²) in [6.45, 7) is 3.92. The summed E-state index contributed by atoms with van der Waals surface area (Å²) in [5.74, 6) is 0.277. The van der Waals surface area contributed by atoms with E-state index in [9.17, 15) is 18.3 Å². The lowest BCUT2D eigenvalue weighted by Crippen LogP contribution is -2.50. The van der Waals surface area contributed by atoms with E-state index in [4.69, 9.17) is 4.74 Å². The molecule has 2 aliphatic rings. The van der Waals surface area contributed by atoms with Crippen LogP contribution in [0.25, 0.3) is 11.1 Å². The first-order valence-corrected chi connectivity index (χ1v) is 13.4. The molecule has 1 amide bonds. The third-order valence-electron chi connectivity index (χ3n) is 7.06. The number of carbonyl (C=O) groups excluding carboxylic acids is 1. The first-order valence-electron chi connectivity index (χ1n) is 12.0. The Balaban J connectivity index is 1.74. The Morgan fingerprint density at radius 1 is 1.18 bits per heavy atom. The number of benzene rings is 2. The van der Waals surface area contributed by atoms with Gasteiger partial charge in [0.2, 0.25) is 15.9 Å². The molecular formula is C26H34N2O5S. The van der Waals surface area contributed by atoms with Gasteiger partial charge < -0.3 is 14.7 Å². The molecule has 184 valence electrons. The molecule has 3 atom stereocenters. The maximum absolute atomic E-state index is 13.6. The zero-order valence-corrected chi connectivity index (χ0v) is 20.9. The van der Waals surface area contributed by atoms with Gasteiger partial charge in [-0.15, -0.1) is 0 Å². The van der Waals surface area contributed by atoms with Gasteiger partial charge in [0.25, 0.3) is 0 Å². The Hall–Kier alpha value is -2.42. The minimum atomic E-state index is -3.89. The fraction of sp³-hybridized carbons (Fsp3) is 0.500. The summed E-state index contributed by atoms with van der Waals surface area (Å²) in [7, 11) is -2.10. The topological polar surface area (TPSA) is 87.2 Å². The number of likely N-dealkylation sites (N-methyl/N-ethyl adjacent to an activating group) is 1. The van der Waals surface area contributed by atoms with Gasteiger partial charge in [0.1, 0.15) is 16.7 Å². The summed E-state index contributed by atoms with van der Waals surface area (Å²) < 4.78 is 35.0. The molecule has 1 aliphatic carbocycles. The molecule has 0 saturated heterocycles. The highest BCUT2D eigenvalue weighted by molar-refractivity contribution is 7.89. The van der Waals surface area contributed by atoms with Crippen molar-refractivity contribution in [2.45, 2.75) is 50.2 Å². The number of nitrogens with zero attached hydrogens (tertiary/aromatic N) is 2. The highest BCUT2D eigenvalue weighted by atomic mass is 32.2. The van der Waals surface area contributed by atoms with Crippen LogP contribution in [0.15, 0.2) is 53.4 Å². The van der Waals surface area contributed by atoms with E-state index in [1.807, 2.05) is 37.3 Å². The van der Waals surface area contributed by atoms with Crippen molar-refractivity contribution in [1.29, 1.82) is 0 Å². The van der Waals surface area contributed by atoms with Gasteiger partial charge in [0.05, 0.1) is 13.2 Å². The minimum Gasteiger partial charge on any atom is -0.487 e. The highest BCUT2D eigenvalue weighted by Crippen LogP contribution is 2.37. The average molecular weight is 487 g/mol. The third-order valence-corrected chi connectivity index (χ3v) is 9.08. The summed E-state index contributed by atoms with van der Waals surface area (Å²) in [5.41, 5.74) is 1.80. The smallest absolute Gasteiger partial charge is 0.247 e. The van der Waals surface area contributed by atoms with Crippen molar-refractivity contribution in [1.82, 2.24) is 9.21 Å². The molecule has 0 bridgehead atoms. The van der Waals surface area contributed by atoms with Crippen molar-refractivity contribution in [3.8, 4) is 16.9 Å². The molecule has 2 aromatic carbocycles. The lowest BCUT2D eigenvalue weighted by Gasteiger charge is -2.38. The fourth-order valence-electron chi connectivity index (χ4n) is 4.58. The molecule has 7 nitrogen and oxygen atoms in total. The molecule has 4 rings (SSSR count). The Labute approximate surface area is 202 Å². The summed E-state index contributed by atoms with van der Waals surface area (Å²) in [6.07, 6.45) is 2.53. The standard InChI is InChI=1S/C26H34N2O5S/c1-18-15-28(19(2)17-29)34(31,32)25-13-12-22(20-8-5-4-6-9-20)14-23(25)33-24(18)16-27(3)26(30)21-10-7-11-21/h4-6,8-9,12-14,18-19,21,24,29H,7,10-11,15-17H2,1-3H3/t18-,19+,24+/m1/s1. The number of aliphatic hydroxyl groups is 1. The normalized spacial score (nSPS) is 23.5. The van der Waals surface area contributed by atoms with Crippen molar-refractivity contribution < 1.29 is 23.1 Å². The van der Waals surface area contributed by atoms with Gasteiger partial charge in [-0.25, -0.2) is 8.42 Å². The zero-order chi connectivity index (χ0) is 24.5. The summed E-state index contributed by atoms with van der Waals surface area (Å²) in [4.78, 5) is 14.6. The van der Waals surface area contributed by atoms with Crippen LogP contribution in [0.1, 0.15) is 33.1 Å². The molecule has 0 aromatic heterocycles. The summed E-state index contributed by atoms with van der Waals surface area (Å²) >= 11 is 0. The predicted octanol–water partition coefficient (Wildman–Crippen LogP) is 3.38. The Morgan fingerprint density at radius 3 is 2.50 bits per heavy atom. The second-order valence-electron chi connectivity index (χ2n) is 9.61. The number of aliphatic hydroxyl groups excluding tert-OH is 1. The van der Waals surface area contributed by atoms with Crippen LogP contribution in [0.5, 0.6) is 5.75 Å². The van der Waals surface area contributed by atoms with Crippen LogP contribution in [0.4, 0.5) is 0 Å². The van der Waals surface area contributed by atoms with Gasteiger partial charge in [-0.3, -0.25) is 4.79 Å². The quantitative estimate of drug-likeness (QED) is 0.676. The average Bonchev–Trinajstić information content (AvgIpc) is 2.79. The van der Waals surface area contributed by atoms with Crippen molar-refractivity contribution in [3.05, 3.63) is 48.5 Å². The van der Waals surface area contributed by atoms with Crippen LogP contribution in [0.2, 0.25) is 0 Å². The molecule has 1 aliphatic heterocycles. The van der Waals surface area contributed by atoms with Gasteiger partial charge in [0.15, 0.2) is 0 Å². The molecular weight excluding hydrogens is 452 g/mol. The second-order valence-corrected chi connectivity index (χ2v) is 11.5. The zero-order valence-electron chi connectivity index (χ0n) is 20.1. The molecule has 2 aromatic rings. The van der Waals surface area contributed by atoms with Gasteiger partial charge in [-0.2, -0.15) is 4.31 Å². The van der Waals surface area contributed by atoms with Crippen molar-refractivity contribution >= 4 is 15.9 Å².